The molecule has 0 spiro atoms. The number of esters is 1. The average Bonchev–Trinajstić information content (AvgIpc) is 2.44. The fourth-order valence-electron chi connectivity index (χ4n) is 1.47. The maximum atomic E-state index is 11.3. The van der Waals surface area contributed by atoms with Gasteiger partial charge in [0.05, 0.1) is 17.7 Å². The summed E-state index contributed by atoms with van der Waals surface area (Å²) < 4.78 is 10.2. The lowest BCUT2D eigenvalue weighted by Crippen LogP contribution is -2.00. The Morgan fingerprint density at radius 2 is 1.74 bits per heavy atom. The molecular weight excluding hydrogens is 287 g/mol. The number of rotatable bonds is 3. The van der Waals surface area contributed by atoms with E-state index in [-0.39, 0.29) is 0 Å². The van der Waals surface area contributed by atoms with Gasteiger partial charge in [0.15, 0.2) is 0 Å². The molecule has 0 atom stereocenters. The van der Waals surface area contributed by atoms with Gasteiger partial charge in [-0.05, 0) is 36.4 Å². The lowest BCUT2D eigenvalue weighted by molar-refractivity contribution is 0.0600. The molecule has 98 valence electrons. The molecule has 2 rings (SSSR count). The second-order valence-corrected chi connectivity index (χ2v) is 4.46. The summed E-state index contributed by atoms with van der Waals surface area (Å²) in [6.45, 7) is 0. The monoisotopic (exact) mass is 296 g/mol. The number of halogens is 2. The Bertz CT molecular complexity index is 594. The zero-order valence-corrected chi connectivity index (χ0v) is 11.5. The minimum atomic E-state index is -0.396. The summed E-state index contributed by atoms with van der Waals surface area (Å²) in [6.07, 6.45) is 0. The summed E-state index contributed by atoms with van der Waals surface area (Å²) in [5.41, 5.74) is 0.451. The van der Waals surface area contributed by atoms with Crippen molar-refractivity contribution in [2.24, 2.45) is 0 Å². The van der Waals surface area contributed by atoms with E-state index in [0.29, 0.717) is 27.1 Å². The summed E-state index contributed by atoms with van der Waals surface area (Å²) in [7, 11) is 1.33. The van der Waals surface area contributed by atoms with E-state index in [9.17, 15) is 4.79 Å². The zero-order chi connectivity index (χ0) is 13.8. The van der Waals surface area contributed by atoms with Crippen LogP contribution in [0.3, 0.4) is 0 Å². The van der Waals surface area contributed by atoms with Crippen molar-refractivity contribution in [2.75, 3.05) is 7.11 Å². The van der Waals surface area contributed by atoms with Crippen molar-refractivity contribution in [3.63, 3.8) is 0 Å². The second kappa shape index (κ2) is 5.95. The van der Waals surface area contributed by atoms with Crippen LogP contribution in [0.15, 0.2) is 42.5 Å². The van der Waals surface area contributed by atoms with E-state index >= 15 is 0 Å². The largest absolute Gasteiger partial charge is 0.465 e. The zero-order valence-electron chi connectivity index (χ0n) is 10.0. The molecule has 0 radical (unpaired) electrons. The predicted molar refractivity (Wildman–Crippen MR) is 74.3 cm³/mol. The highest BCUT2D eigenvalue weighted by atomic mass is 35.5. The highest BCUT2D eigenvalue weighted by Crippen LogP contribution is 2.34. The van der Waals surface area contributed by atoms with Gasteiger partial charge in [-0.25, -0.2) is 4.79 Å². The lowest BCUT2D eigenvalue weighted by Gasteiger charge is -2.08. The standard InChI is InChI=1S/C14H10Cl2O3/c1-18-14(17)9-5-7-10(8-6-9)19-12-4-2-3-11(15)13(12)16/h2-8H,1H3. The van der Waals surface area contributed by atoms with Crippen LogP contribution in [0.25, 0.3) is 0 Å². The summed E-state index contributed by atoms with van der Waals surface area (Å²) in [4.78, 5) is 11.3. The van der Waals surface area contributed by atoms with Crippen LogP contribution in [0.2, 0.25) is 10.0 Å². The molecule has 2 aromatic carbocycles. The molecular formula is C14H10Cl2O3. The van der Waals surface area contributed by atoms with Crippen molar-refractivity contribution in [3.8, 4) is 11.5 Å². The van der Waals surface area contributed by atoms with Gasteiger partial charge in [0, 0.05) is 0 Å². The number of carbonyl (C=O) groups excluding carboxylic acids is 1. The first kappa shape index (κ1) is 13.7. The highest BCUT2D eigenvalue weighted by Gasteiger charge is 2.08. The molecule has 0 aromatic heterocycles. The molecule has 0 saturated carbocycles. The second-order valence-electron chi connectivity index (χ2n) is 3.67. The summed E-state index contributed by atoms with van der Waals surface area (Å²) in [5.74, 6) is 0.615. The van der Waals surface area contributed by atoms with Crippen LogP contribution in [0, 0.1) is 0 Å². The van der Waals surface area contributed by atoms with Gasteiger partial charge < -0.3 is 9.47 Å². The van der Waals surface area contributed by atoms with Crippen molar-refractivity contribution in [1.29, 1.82) is 0 Å². The molecule has 2 aromatic rings. The Morgan fingerprint density at radius 1 is 1.05 bits per heavy atom. The number of hydrogen-bond acceptors (Lipinski definition) is 3. The van der Waals surface area contributed by atoms with Gasteiger partial charge in [-0.15, -0.1) is 0 Å². The average molecular weight is 297 g/mol. The third kappa shape index (κ3) is 3.19. The molecule has 19 heavy (non-hydrogen) atoms. The third-order valence-corrected chi connectivity index (χ3v) is 3.22. The Balaban J connectivity index is 2.20. The SMILES string of the molecule is COC(=O)c1ccc(Oc2cccc(Cl)c2Cl)cc1. The maximum Gasteiger partial charge on any atom is 0.337 e. The van der Waals surface area contributed by atoms with Gasteiger partial charge in [-0.2, -0.15) is 0 Å². The van der Waals surface area contributed by atoms with E-state index in [4.69, 9.17) is 27.9 Å². The molecule has 0 saturated heterocycles. The first-order valence-electron chi connectivity index (χ1n) is 5.42. The molecule has 0 fully saturated rings. The van der Waals surface area contributed by atoms with Crippen LogP contribution in [0.5, 0.6) is 11.5 Å². The normalized spacial score (nSPS) is 10.1. The first-order valence-corrected chi connectivity index (χ1v) is 6.17. The van der Waals surface area contributed by atoms with Crippen LogP contribution in [-0.2, 0) is 4.74 Å². The first-order chi connectivity index (χ1) is 9.11. The van der Waals surface area contributed by atoms with Gasteiger partial charge in [0.2, 0.25) is 0 Å². The van der Waals surface area contributed by atoms with Gasteiger partial charge in [0.25, 0.3) is 0 Å². The molecule has 0 aliphatic heterocycles. The van der Waals surface area contributed by atoms with Crippen LogP contribution in [-0.4, -0.2) is 13.1 Å². The molecule has 0 amide bonds. The summed E-state index contributed by atoms with van der Waals surface area (Å²) in [6, 6.07) is 11.7. The minimum absolute atomic E-state index is 0.348. The molecule has 0 unspecified atom stereocenters. The number of benzene rings is 2. The Kier molecular flexibility index (Phi) is 4.30. The molecule has 0 bridgehead atoms. The van der Waals surface area contributed by atoms with Crippen molar-refractivity contribution >= 4 is 29.2 Å². The number of carbonyl (C=O) groups is 1. The molecule has 0 heterocycles. The van der Waals surface area contributed by atoms with E-state index in [1.54, 1.807) is 42.5 Å². The molecule has 0 aliphatic carbocycles. The Hall–Kier alpha value is -1.71. The van der Waals surface area contributed by atoms with Crippen LogP contribution < -0.4 is 4.74 Å². The number of ether oxygens (including phenoxy) is 2. The smallest absolute Gasteiger partial charge is 0.337 e. The molecule has 0 aliphatic rings. The lowest BCUT2D eigenvalue weighted by atomic mass is 10.2. The number of methoxy groups -OCH3 is 1. The summed E-state index contributed by atoms with van der Waals surface area (Å²) in [5, 5.41) is 0.770. The maximum absolute atomic E-state index is 11.3. The van der Waals surface area contributed by atoms with Crippen molar-refractivity contribution in [3.05, 3.63) is 58.1 Å². The van der Waals surface area contributed by atoms with Crippen molar-refractivity contribution in [2.45, 2.75) is 0 Å². The van der Waals surface area contributed by atoms with Crippen LogP contribution in [0.4, 0.5) is 0 Å². The van der Waals surface area contributed by atoms with E-state index in [1.807, 2.05) is 0 Å². The van der Waals surface area contributed by atoms with Gasteiger partial charge in [0.1, 0.15) is 16.5 Å². The quantitative estimate of drug-likeness (QED) is 0.778. The Morgan fingerprint density at radius 3 is 2.37 bits per heavy atom. The van der Waals surface area contributed by atoms with Crippen molar-refractivity contribution < 1.29 is 14.3 Å². The van der Waals surface area contributed by atoms with Crippen LogP contribution >= 0.6 is 23.2 Å². The van der Waals surface area contributed by atoms with E-state index < -0.39 is 5.97 Å². The van der Waals surface area contributed by atoms with Crippen molar-refractivity contribution in [1.82, 2.24) is 0 Å². The van der Waals surface area contributed by atoms with Gasteiger partial charge in [-0.3, -0.25) is 0 Å². The molecule has 3 nitrogen and oxygen atoms in total. The highest BCUT2D eigenvalue weighted by molar-refractivity contribution is 6.42. The van der Waals surface area contributed by atoms with Gasteiger partial charge in [-0.1, -0.05) is 29.3 Å². The van der Waals surface area contributed by atoms with E-state index in [1.165, 1.54) is 7.11 Å². The fourth-order valence-corrected chi connectivity index (χ4v) is 1.80. The van der Waals surface area contributed by atoms with E-state index in [2.05, 4.69) is 4.74 Å². The summed E-state index contributed by atoms with van der Waals surface area (Å²) >= 11 is 11.9. The number of hydrogen-bond donors (Lipinski definition) is 0. The van der Waals surface area contributed by atoms with Crippen LogP contribution in [0.1, 0.15) is 10.4 Å². The topological polar surface area (TPSA) is 35.5 Å². The fraction of sp³-hybridized carbons (Fsp3) is 0.0714. The Labute approximate surface area is 120 Å². The molecule has 0 N–H and O–H groups in total. The minimum Gasteiger partial charge on any atom is -0.465 e. The predicted octanol–water partition coefficient (Wildman–Crippen LogP) is 4.57. The van der Waals surface area contributed by atoms with E-state index in [0.717, 1.165) is 0 Å². The third-order valence-electron chi connectivity index (χ3n) is 2.42. The van der Waals surface area contributed by atoms with Gasteiger partial charge >= 0.3 is 5.97 Å². The molecule has 5 heteroatoms.